The molecule has 5 atom stereocenters. The van der Waals surface area contributed by atoms with Crippen LogP contribution in [0.5, 0.6) is 0 Å². The number of hydrogen-bond donors (Lipinski definition) is 2. The van der Waals surface area contributed by atoms with Crippen molar-refractivity contribution in [2.75, 3.05) is 6.61 Å². The number of carbonyl (C=O) groups is 4. The Morgan fingerprint density at radius 2 is 1.50 bits per heavy atom. The van der Waals surface area contributed by atoms with E-state index in [-0.39, 0.29) is 40.0 Å². The van der Waals surface area contributed by atoms with Crippen LogP contribution in [0.15, 0.2) is 48.5 Å². The second-order valence-corrected chi connectivity index (χ2v) is 29.1. The lowest BCUT2D eigenvalue weighted by molar-refractivity contribution is -0.141. The molecule has 0 aromatic heterocycles. The highest BCUT2D eigenvalue weighted by atomic mass is 28.4. The predicted octanol–water partition coefficient (Wildman–Crippen LogP) is 10.2. The number of amides is 1. The van der Waals surface area contributed by atoms with Crippen LogP contribution in [-0.2, 0) is 41.0 Å². The summed E-state index contributed by atoms with van der Waals surface area (Å²) in [6.07, 6.45) is 3.39. The molecule has 0 aliphatic heterocycles. The average Bonchev–Trinajstić information content (AvgIpc) is 3.41. The van der Waals surface area contributed by atoms with Crippen molar-refractivity contribution in [3.8, 4) is 0 Å². The first-order chi connectivity index (χ1) is 25.8. The molecule has 0 bridgehead atoms. The summed E-state index contributed by atoms with van der Waals surface area (Å²) < 4.78 is 19.9. The Kier molecular flexibility index (Phi) is 16.1. The van der Waals surface area contributed by atoms with Crippen molar-refractivity contribution < 1.29 is 37.9 Å². The van der Waals surface area contributed by atoms with Crippen molar-refractivity contribution in [1.29, 1.82) is 0 Å². The maximum atomic E-state index is 13.5. The predicted molar refractivity (Wildman–Crippen MR) is 229 cm³/mol. The number of ether oxygens (including phenoxy) is 1. The molecule has 1 saturated carbocycles. The number of hydrogen-bond acceptors (Lipinski definition) is 7. The van der Waals surface area contributed by atoms with Crippen molar-refractivity contribution in [2.45, 2.75) is 168 Å². The zero-order valence-electron chi connectivity index (χ0n) is 36.6. The first kappa shape index (κ1) is 47.3. The number of esters is 1. The average molecular weight is 810 g/mol. The number of rotatable bonds is 19. The molecule has 1 fully saturated rings. The van der Waals surface area contributed by atoms with Crippen LogP contribution in [0.2, 0.25) is 36.3 Å². The van der Waals surface area contributed by atoms with Crippen LogP contribution >= 0.6 is 0 Å². The van der Waals surface area contributed by atoms with Gasteiger partial charge in [0.2, 0.25) is 5.91 Å². The van der Waals surface area contributed by atoms with Gasteiger partial charge in [-0.05, 0) is 123 Å². The normalized spacial score (nSPS) is 20.3. The third-order valence-corrected chi connectivity index (χ3v) is 22.0. The van der Waals surface area contributed by atoms with E-state index in [9.17, 15) is 24.3 Å². The third kappa shape index (κ3) is 12.7. The molecular formula is C45H71NO8Si2. The molecule has 3 rings (SSSR count). The third-order valence-electron chi connectivity index (χ3n) is 13.0. The molecule has 2 aromatic rings. The number of carboxylic acids is 1. The smallest absolute Gasteiger partial charge is 0.338 e. The maximum absolute atomic E-state index is 13.5. The van der Waals surface area contributed by atoms with Gasteiger partial charge in [0.25, 0.3) is 0 Å². The summed E-state index contributed by atoms with van der Waals surface area (Å²) in [6.45, 7) is 28.7. The van der Waals surface area contributed by atoms with Crippen molar-refractivity contribution in [3.05, 3.63) is 70.8 Å². The molecule has 1 aliphatic carbocycles. The summed E-state index contributed by atoms with van der Waals surface area (Å²) in [5, 5.41) is 12.1. The Morgan fingerprint density at radius 1 is 0.893 bits per heavy atom. The summed E-state index contributed by atoms with van der Waals surface area (Å²) in [6, 6.07) is 14.6. The largest absolute Gasteiger partial charge is 0.480 e. The van der Waals surface area contributed by atoms with Gasteiger partial charge in [0.05, 0.1) is 12.2 Å². The zero-order valence-corrected chi connectivity index (χ0v) is 38.6. The van der Waals surface area contributed by atoms with E-state index in [2.05, 4.69) is 98.2 Å². The Morgan fingerprint density at radius 3 is 2.07 bits per heavy atom. The summed E-state index contributed by atoms with van der Waals surface area (Å²) in [5.74, 6) is -1.58. The minimum absolute atomic E-state index is 0.00268. The number of Topliss-reactive ketones (excluding diaryl/α,β-unsaturated/α-hetero) is 1. The van der Waals surface area contributed by atoms with Crippen LogP contribution in [0.3, 0.4) is 0 Å². The Bertz CT molecular complexity index is 1660. The number of aliphatic carboxylic acids is 1. The fraction of sp³-hybridized carbons (Fsp3) is 0.644. The first-order valence-electron chi connectivity index (χ1n) is 20.4. The van der Waals surface area contributed by atoms with Crippen LogP contribution < -0.4 is 5.32 Å². The Labute approximate surface area is 339 Å². The van der Waals surface area contributed by atoms with Crippen molar-refractivity contribution in [2.24, 2.45) is 11.3 Å². The highest BCUT2D eigenvalue weighted by Crippen LogP contribution is 2.54. The summed E-state index contributed by atoms with van der Waals surface area (Å²) in [7, 11) is -4.17. The van der Waals surface area contributed by atoms with Crippen LogP contribution in [0, 0.1) is 11.3 Å². The van der Waals surface area contributed by atoms with Gasteiger partial charge in [-0.1, -0.05) is 84.9 Å². The van der Waals surface area contributed by atoms with E-state index in [1.807, 2.05) is 18.2 Å². The van der Waals surface area contributed by atoms with Crippen molar-refractivity contribution in [3.63, 3.8) is 0 Å². The molecule has 0 radical (unpaired) electrons. The molecule has 2 aromatic carbocycles. The number of carboxylic acid groups (broad SMARTS) is 1. The Balaban J connectivity index is 2.07. The molecule has 0 unspecified atom stereocenters. The van der Waals surface area contributed by atoms with Gasteiger partial charge in [-0.25, -0.2) is 4.79 Å². The van der Waals surface area contributed by atoms with Gasteiger partial charge in [-0.2, -0.15) is 0 Å². The standard InChI is InChI=1S/C45H71NO8Si2/c1-31(47)19-20-34(29-52-55(10,11)43(3,4)5)27-33-21-22-37(36(28-33)30-53-56(12,13)44(6,7)8)38-23-24-39(54-42(51)35-17-15-14-16-18-35)45(38,9)26-25-40(48)46-32(2)41(49)50/h14-18,21-22,28,32,34,38-39H,19-20,23-27,29-30H2,1-13H3,(H,46,48)(H,49,50)/t32-,34-,38-,39-,45-/m0/s1. The van der Waals surface area contributed by atoms with Crippen molar-refractivity contribution in [1.82, 2.24) is 5.32 Å². The number of carbonyl (C=O) groups excluding carboxylic acids is 3. The molecule has 1 aliphatic rings. The molecular weight excluding hydrogens is 739 g/mol. The lowest BCUT2D eigenvalue weighted by atomic mass is 9.70. The first-order valence-corrected chi connectivity index (χ1v) is 26.3. The number of ketones is 1. The highest BCUT2D eigenvalue weighted by Gasteiger charge is 2.50. The number of benzene rings is 2. The monoisotopic (exact) mass is 809 g/mol. The highest BCUT2D eigenvalue weighted by molar-refractivity contribution is 6.74. The fourth-order valence-corrected chi connectivity index (χ4v) is 9.06. The molecule has 1 amide bonds. The second kappa shape index (κ2) is 19.1. The maximum Gasteiger partial charge on any atom is 0.338 e. The van der Waals surface area contributed by atoms with E-state index < -0.39 is 46.1 Å². The molecule has 0 saturated heterocycles. The molecule has 2 N–H and O–H groups in total. The topological polar surface area (TPSA) is 128 Å². The minimum atomic E-state index is -2.16. The lowest BCUT2D eigenvalue weighted by Crippen LogP contribution is -2.42. The van der Waals surface area contributed by atoms with Crippen molar-refractivity contribution >= 4 is 40.3 Å². The minimum Gasteiger partial charge on any atom is -0.480 e. The van der Waals surface area contributed by atoms with Crippen LogP contribution in [0.4, 0.5) is 0 Å². The molecule has 56 heavy (non-hydrogen) atoms. The zero-order chi connectivity index (χ0) is 42.3. The van der Waals surface area contributed by atoms with Gasteiger partial charge in [0, 0.05) is 24.9 Å². The van der Waals surface area contributed by atoms with E-state index in [0.29, 0.717) is 38.0 Å². The molecule has 312 valence electrons. The molecule has 11 heteroatoms. The van der Waals surface area contributed by atoms with E-state index in [4.69, 9.17) is 13.6 Å². The van der Waals surface area contributed by atoms with E-state index in [1.165, 1.54) is 6.92 Å². The van der Waals surface area contributed by atoms with Gasteiger partial charge < -0.3 is 28.8 Å². The van der Waals surface area contributed by atoms with E-state index in [1.54, 1.807) is 19.1 Å². The summed E-state index contributed by atoms with van der Waals surface area (Å²) in [5.41, 5.74) is 3.19. The molecule has 9 nitrogen and oxygen atoms in total. The SMILES string of the molecule is CC(=O)CC[C@H](CO[Si](C)(C)C(C)(C)C)Cc1ccc([C@@H]2CC[C@H](OC(=O)c3ccccc3)[C@@]2(C)CCC(=O)N[C@@H](C)C(=O)O)c(CO[Si](C)(C)C(C)(C)C)c1. The van der Waals surface area contributed by atoms with E-state index >= 15 is 0 Å². The van der Waals surface area contributed by atoms with Crippen LogP contribution in [-0.4, -0.2) is 64.1 Å². The van der Waals surface area contributed by atoms with Crippen LogP contribution in [0.25, 0.3) is 0 Å². The molecule has 0 heterocycles. The quantitative estimate of drug-likeness (QED) is 0.106. The molecule has 0 spiro atoms. The Hall–Kier alpha value is -3.13. The fourth-order valence-electron chi connectivity index (χ4n) is 7.02. The van der Waals surface area contributed by atoms with E-state index in [0.717, 1.165) is 36.0 Å². The lowest BCUT2D eigenvalue weighted by Gasteiger charge is -2.39. The summed E-state index contributed by atoms with van der Waals surface area (Å²) >= 11 is 0. The van der Waals surface area contributed by atoms with Gasteiger partial charge in [-0.3, -0.25) is 9.59 Å². The number of nitrogens with one attached hydrogen (secondary N) is 1. The van der Waals surface area contributed by atoms with Gasteiger partial charge in [-0.15, -0.1) is 0 Å². The van der Waals surface area contributed by atoms with Crippen LogP contribution in [0.1, 0.15) is 134 Å². The van der Waals surface area contributed by atoms with Gasteiger partial charge in [0.15, 0.2) is 16.6 Å². The second-order valence-electron chi connectivity index (χ2n) is 19.5. The van der Waals surface area contributed by atoms with Gasteiger partial charge in [0.1, 0.15) is 17.9 Å². The summed E-state index contributed by atoms with van der Waals surface area (Å²) in [4.78, 5) is 50.2. The van der Waals surface area contributed by atoms with Gasteiger partial charge >= 0.3 is 11.9 Å².